The molecule has 0 radical (unpaired) electrons. The van der Waals surface area contributed by atoms with Crippen LogP contribution < -0.4 is 15.4 Å². The Morgan fingerprint density at radius 1 is 1.32 bits per heavy atom. The third-order valence-electron chi connectivity index (χ3n) is 2.64. The van der Waals surface area contributed by atoms with Crippen molar-refractivity contribution in [2.45, 2.75) is 13.8 Å². The maximum atomic E-state index is 11.0. The highest BCUT2D eigenvalue weighted by atomic mass is 35.5. The van der Waals surface area contributed by atoms with Crippen LogP contribution in [0.1, 0.15) is 12.7 Å². The first kappa shape index (κ1) is 16.0. The van der Waals surface area contributed by atoms with Crippen molar-refractivity contribution in [3.63, 3.8) is 0 Å². The predicted molar refractivity (Wildman–Crippen MR) is 86.5 cm³/mol. The Morgan fingerprint density at radius 3 is 2.86 bits per heavy atom. The lowest BCUT2D eigenvalue weighted by molar-refractivity contribution is -0.114. The number of anilines is 2. The van der Waals surface area contributed by atoms with Crippen LogP contribution in [0.4, 0.5) is 11.5 Å². The first-order chi connectivity index (χ1) is 10.5. The molecule has 0 spiro atoms. The third kappa shape index (κ3) is 5.21. The Kier molecular flexibility index (Phi) is 5.55. The fourth-order valence-electron chi connectivity index (χ4n) is 1.84. The molecule has 2 aromatic rings. The zero-order valence-corrected chi connectivity index (χ0v) is 13.1. The van der Waals surface area contributed by atoms with Crippen LogP contribution in [0.5, 0.6) is 5.75 Å². The number of hydrogen-bond acceptors (Lipinski definition) is 5. The topological polar surface area (TPSA) is 76.1 Å². The number of benzene rings is 1. The second kappa shape index (κ2) is 7.61. The zero-order valence-electron chi connectivity index (χ0n) is 12.4. The number of amides is 1. The van der Waals surface area contributed by atoms with Gasteiger partial charge in [0.1, 0.15) is 29.2 Å². The van der Waals surface area contributed by atoms with Crippen LogP contribution in [-0.2, 0) is 4.79 Å². The first-order valence-corrected chi connectivity index (χ1v) is 7.16. The van der Waals surface area contributed by atoms with E-state index in [1.807, 2.05) is 12.1 Å². The molecule has 1 aromatic carbocycles. The average Bonchev–Trinajstić information content (AvgIpc) is 2.42. The maximum Gasteiger partial charge on any atom is 0.221 e. The number of halogens is 1. The number of nitrogens with one attached hydrogen (secondary N) is 2. The Bertz CT molecular complexity index is 643. The second-order valence-electron chi connectivity index (χ2n) is 4.61. The Balaban J connectivity index is 1.82. The van der Waals surface area contributed by atoms with E-state index in [9.17, 15) is 4.79 Å². The summed E-state index contributed by atoms with van der Waals surface area (Å²) in [6.45, 7) is 4.26. The monoisotopic (exact) mass is 320 g/mol. The molecule has 0 unspecified atom stereocenters. The van der Waals surface area contributed by atoms with E-state index >= 15 is 0 Å². The van der Waals surface area contributed by atoms with Gasteiger partial charge in [-0.3, -0.25) is 4.79 Å². The summed E-state index contributed by atoms with van der Waals surface area (Å²) < 4.78 is 5.62. The molecular formula is C15H17ClN4O2. The van der Waals surface area contributed by atoms with Crippen molar-refractivity contribution < 1.29 is 9.53 Å². The van der Waals surface area contributed by atoms with Gasteiger partial charge in [-0.05, 0) is 19.1 Å². The molecule has 0 saturated heterocycles. The molecule has 0 bridgehead atoms. The highest BCUT2D eigenvalue weighted by Gasteiger charge is 2.01. The number of ether oxygens (including phenoxy) is 1. The molecule has 0 aliphatic carbocycles. The van der Waals surface area contributed by atoms with Crippen LogP contribution in [0.15, 0.2) is 30.3 Å². The molecule has 2 rings (SSSR count). The van der Waals surface area contributed by atoms with Gasteiger partial charge in [-0.2, -0.15) is 0 Å². The summed E-state index contributed by atoms with van der Waals surface area (Å²) in [5.41, 5.74) is 0.705. The maximum absolute atomic E-state index is 11.0. The van der Waals surface area contributed by atoms with E-state index in [0.29, 0.717) is 41.4 Å². The highest BCUT2D eigenvalue weighted by Crippen LogP contribution is 2.17. The van der Waals surface area contributed by atoms with Crippen molar-refractivity contribution in [1.82, 2.24) is 9.97 Å². The lowest BCUT2D eigenvalue weighted by atomic mass is 10.3. The molecular weight excluding hydrogens is 304 g/mol. The van der Waals surface area contributed by atoms with Crippen LogP contribution in [0.2, 0.25) is 5.15 Å². The van der Waals surface area contributed by atoms with Gasteiger partial charge in [-0.15, -0.1) is 0 Å². The van der Waals surface area contributed by atoms with Gasteiger partial charge in [0.25, 0.3) is 0 Å². The van der Waals surface area contributed by atoms with E-state index in [-0.39, 0.29) is 5.91 Å². The van der Waals surface area contributed by atoms with Crippen molar-refractivity contribution in [2.75, 3.05) is 23.8 Å². The average molecular weight is 321 g/mol. The summed E-state index contributed by atoms with van der Waals surface area (Å²) in [7, 11) is 0. The van der Waals surface area contributed by atoms with E-state index < -0.39 is 0 Å². The SMILES string of the molecule is CC(=O)Nc1cccc(OCCNc2cc(Cl)nc(C)n2)c1. The first-order valence-electron chi connectivity index (χ1n) is 6.78. The molecule has 0 aliphatic rings. The molecule has 1 heterocycles. The molecule has 22 heavy (non-hydrogen) atoms. The quantitative estimate of drug-likeness (QED) is 0.632. The van der Waals surface area contributed by atoms with Gasteiger partial charge in [0, 0.05) is 24.7 Å². The van der Waals surface area contributed by atoms with Crippen molar-refractivity contribution >= 4 is 29.0 Å². The van der Waals surface area contributed by atoms with Crippen LogP contribution in [0, 0.1) is 6.92 Å². The molecule has 1 aromatic heterocycles. The number of hydrogen-bond donors (Lipinski definition) is 2. The minimum Gasteiger partial charge on any atom is -0.492 e. The van der Waals surface area contributed by atoms with Crippen LogP contribution in [0.3, 0.4) is 0 Å². The number of carbonyl (C=O) groups is 1. The highest BCUT2D eigenvalue weighted by molar-refractivity contribution is 6.29. The molecule has 7 heteroatoms. The van der Waals surface area contributed by atoms with Gasteiger partial charge in [-0.1, -0.05) is 17.7 Å². The van der Waals surface area contributed by atoms with Crippen molar-refractivity contribution in [3.8, 4) is 5.75 Å². The largest absolute Gasteiger partial charge is 0.492 e. The van der Waals surface area contributed by atoms with Crippen molar-refractivity contribution in [1.29, 1.82) is 0 Å². The number of carbonyl (C=O) groups excluding carboxylic acids is 1. The Labute approximate surface area is 133 Å². The third-order valence-corrected chi connectivity index (χ3v) is 2.83. The van der Waals surface area contributed by atoms with E-state index in [2.05, 4.69) is 20.6 Å². The van der Waals surface area contributed by atoms with Gasteiger partial charge in [0.05, 0.1) is 6.54 Å². The minimum absolute atomic E-state index is 0.116. The summed E-state index contributed by atoms with van der Waals surface area (Å²) in [4.78, 5) is 19.2. The van der Waals surface area contributed by atoms with Crippen molar-refractivity contribution in [2.24, 2.45) is 0 Å². The number of aryl methyl sites for hydroxylation is 1. The molecule has 0 atom stereocenters. The molecule has 1 amide bonds. The van der Waals surface area contributed by atoms with E-state index in [1.165, 1.54) is 6.92 Å². The summed E-state index contributed by atoms with van der Waals surface area (Å²) in [5.74, 6) is 1.84. The molecule has 0 saturated carbocycles. The van der Waals surface area contributed by atoms with Gasteiger partial charge in [0.2, 0.25) is 5.91 Å². The van der Waals surface area contributed by atoms with Gasteiger partial charge in [0.15, 0.2) is 0 Å². The minimum atomic E-state index is -0.116. The van der Waals surface area contributed by atoms with Gasteiger partial charge < -0.3 is 15.4 Å². The molecule has 116 valence electrons. The molecule has 0 aliphatic heterocycles. The number of aromatic nitrogens is 2. The van der Waals surface area contributed by atoms with Crippen LogP contribution in [-0.4, -0.2) is 29.0 Å². The smallest absolute Gasteiger partial charge is 0.221 e. The van der Waals surface area contributed by atoms with Gasteiger partial charge >= 0.3 is 0 Å². The van der Waals surface area contributed by atoms with E-state index in [1.54, 1.807) is 25.1 Å². The second-order valence-corrected chi connectivity index (χ2v) is 4.99. The molecule has 2 N–H and O–H groups in total. The van der Waals surface area contributed by atoms with E-state index in [0.717, 1.165) is 0 Å². The predicted octanol–water partition coefficient (Wildman–Crippen LogP) is 2.89. The molecule has 0 fully saturated rings. The van der Waals surface area contributed by atoms with Crippen LogP contribution in [0.25, 0.3) is 0 Å². The summed E-state index contributed by atoms with van der Waals surface area (Å²) in [6, 6.07) is 8.88. The Morgan fingerprint density at radius 2 is 2.14 bits per heavy atom. The normalized spacial score (nSPS) is 10.1. The lowest BCUT2D eigenvalue weighted by Crippen LogP contribution is -2.13. The zero-order chi connectivity index (χ0) is 15.9. The fraction of sp³-hybridized carbons (Fsp3) is 0.267. The summed E-state index contributed by atoms with van der Waals surface area (Å²) >= 11 is 5.86. The summed E-state index contributed by atoms with van der Waals surface area (Å²) in [5, 5.41) is 6.22. The van der Waals surface area contributed by atoms with Crippen LogP contribution >= 0.6 is 11.6 Å². The van der Waals surface area contributed by atoms with E-state index in [4.69, 9.17) is 16.3 Å². The molecule has 6 nitrogen and oxygen atoms in total. The number of rotatable bonds is 6. The van der Waals surface area contributed by atoms with Gasteiger partial charge in [-0.25, -0.2) is 9.97 Å². The van der Waals surface area contributed by atoms with Crippen molar-refractivity contribution in [3.05, 3.63) is 41.3 Å². The standard InChI is InChI=1S/C15H17ClN4O2/c1-10-18-14(16)9-15(19-10)17-6-7-22-13-5-3-4-12(8-13)20-11(2)21/h3-5,8-9H,6-7H2,1-2H3,(H,20,21)(H,17,18,19). The number of nitrogens with zero attached hydrogens (tertiary/aromatic N) is 2. The fourth-order valence-corrected chi connectivity index (χ4v) is 2.06. The Hall–Kier alpha value is -2.34. The lowest BCUT2D eigenvalue weighted by Gasteiger charge is -2.10. The summed E-state index contributed by atoms with van der Waals surface area (Å²) in [6.07, 6.45) is 0.